The van der Waals surface area contributed by atoms with Gasteiger partial charge in [-0.15, -0.1) is 0 Å². The van der Waals surface area contributed by atoms with Crippen LogP contribution in [0.1, 0.15) is 18.9 Å². The van der Waals surface area contributed by atoms with Gasteiger partial charge in [-0.25, -0.2) is 0 Å². The molecule has 1 heterocycles. The summed E-state index contributed by atoms with van der Waals surface area (Å²) in [5, 5.41) is 8.76. The lowest BCUT2D eigenvalue weighted by atomic mass is 10.2. The van der Waals surface area contributed by atoms with Crippen molar-refractivity contribution in [2.45, 2.75) is 19.8 Å². The van der Waals surface area contributed by atoms with Gasteiger partial charge in [0.15, 0.2) is 0 Å². The zero-order valence-electron chi connectivity index (χ0n) is 9.59. The first-order valence-electron chi connectivity index (χ1n) is 5.55. The molecule has 4 nitrogen and oxygen atoms in total. The van der Waals surface area contributed by atoms with Gasteiger partial charge in [0, 0.05) is 18.9 Å². The SMILES string of the molecule is CCCN(CCc1ccncc1)CC(=O)O. The van der Waals surface area contributed by atoms with Crippen molar-refractivity contribution >= 4 is 5.97 Å². The van der Waals surface area contributed by atoms with Gasteiger partial charge >= 0.3 is 5.97 Å². The number of carboxylic acid groups (broad SMARTS) is 1. The molecular weight excluding hydrogens is 204 g/mol. The maximum atomic E-state index is 10.6. The fourth-order valence-corrected chi connectivity index (χ4v) is 1.61. The molecule has 88 valence electrons. The summed E-state index contributed by atoms with van der Waals surface area (Å²) in [4.78, 5) is 16.6. The molecule has 0 atom stereocenters. The molecule has 0 aliphatic carbocycles. The summed E-state index contributed by atoms with van der Waals surface area (Å²) >= 11 is 0. The van der Waals surface area contributed by atoms with E-state index in [1.807, 2.05) is 17.0 Å². The number of pyridine rings is 1. The van der Waals surface area contributed by atoms with Crippen LogP contribution in [0.5, 0.6) is 0 Å². The van der Waals surface area contributed by atoms with Crippen molar-refractivity contribution in [3.8, 4) is 0 Å². The molecule has 0 aliphatic heterocycles. The average molecular weight is 222 g/mol. The molecule has 0 aromatic carbocycles. The molecule has 0 saturated carbocycles. The number of carbonyl (C=O) groups is 1. The van der Waals surface area contributed by atoms with Gasteiger partial charge in [-0.1, -0.05) is 6.92 Å². The maximum absolute atomic E-state index is 10.6. The minimum absolute atomic E-state index is 0.124. The Morgan fingerprint density at radius 3 is 2.62 bits per heavy atom. The van der Waals surface area contributed by atoms with Crippen LogP contribution < -0.4 is 0 Å². The van der Waals surface area contributed by atoms with E-state index in [2.05, 4.69) is 11.9 Å². The van der Waals surface area contributed by atoms with Crippen LogP contribution in [-0.4, -0.2) is 40.6 Å². The molecule has 1 N–H and O–H groups in total. The van der Waals surface area contributed by atoms with Gasteiger partial charge < -0.3 is 5.11 Å². The number of hydrogen-bond acceptors (Lipinski definition) is 3. The molecule has 4 heteroatoms. The summed E-state index contributed by atoms with van der Waals surface area (Å²) in [7, 11) is 0. The summed E-state index contributed by atoms with van der Waals surface area (Å²) in [5.41, 5.74) is 1.20. The zero-order chi connectivity index (χ0) is 11.8. The molecule has 0 spiro atoms. The predicted molar refractivity (Wildman–Crippen MR) is 62.3 cm³/mol. The molecular formula is C12H18N2O2. The van der Waals surface area contributed by atoms with E-state index in [1.165, 1.54) is 5.56 Å². The highest BCUT2D eigenvalue weighted by atomic mass is 16.4. The number of hydrogen-bond donors (Lipinski definition) is 1. The quantitative estimate of drug-likeness (QED) is 0.758. The number of aliphatic carboxylic acids is 1. The molecule has 0 saturated heterocycles. The van der Waals surface area contributed by atoms with Crippen LogP contribution in [0, 0.1) is 0 Å². The van der Waals surface area contributed by atoms with Gasteiger partial charge in [-0.3, -0.25) is 14.7 Å². The molecule has 0 radical (unpaired) electrons. The Kier molecular flexibility index (Phi) is 5.50. The van der Waals surface area contributed by atoms with Gasteiger partial charge in [0.25, 0.3) is 0 Å². The Labute approximate surface area is 95.9 Å². The first-order valence-corrected chi connectivity index (χ1v) is 5.55. The Hall–Kier alpha value is -1.42. The number of aromatic nitrogens is 1. The summed E-state index contributed by atoms with van der Waals surface area (Å²) in [6.07, 6.45) is 5.37. The van der Waals surface area contributed by atoms with Crippen molar-refractivity contribution in [1.82, 2.24) is 9.88 Å². The van der Waals surface area contributed by atoms with E-state index in [0.29, 0.717) is 0 Å². The predicted octanol–water partition coefficient (Wildman–Crippen LogP) is 1.42. The summed E-state index contributed by atoms with van der Waals surface area (Å²) in [6, 6.07) is 3.93. The second kappa shape index (κ2) is 6.95. The van der Waals surface area contributed by atoms with E-state index >= 15 is 0 Å². The second-order valence-electron chi connectivity index (χ2n) is 3.78. The van der Waals surface area contributed by atoms with Gasteiger partial charge in [-0.05, 0) is 37.1 Å². The maximum Gasteiger partial charge on any atom is 0.317 e. The van der Waals surface area contributed by atoms with Crippen LogP contribution in [0.2, 0.25) is 0 Å². The van der Waals surface area contributed by atoms with E-state index in [4.69, 9.17) is 5.11 Å². The van der Waals surface area contributed by atoms with E-state index in [9.17, 15) is 4.79 Å². The normalized spacial score (nSPS) is 10.6. The average Bonchev–Trinajstić information content (AvgIpc) is 2.27. The van der Waals surface area contributed by atoms with Crippen molar-refractivity contribution in [1.29, 1.82) is 0 Å². The van der Waals surface area contributed by atoms with Crippen LogP contribution in [-0.2, 0) is 11.2 Å². The standard InChI is InChI=1S/C12H18N2O2/c1-2-8-14(10-12(15)16)9-5-11-3-6-13-7-4-11/h3-4,6-7H,2,5,8-10H2,1H3,(H,15,16). The number of nitrogens with zero attached hydrogens (tertiary/aromatic N) is 2. The molecule has 0 bridgehead atoms. The molecule has 0 aliphatic rings. The van der Waals surface area contributed by atoms with Gasteiger partial charge in [0.2, 0.25) is 0 Å². The van der Waals surface area contributed by atoms with Crippen LogP contribution in [0.25, 0.3) is 0 Å². The fraction of sp³-hybridized carbons (Fsp3) is 0.500. The Bertz CT molecular complexity index is 314. The molecule has 0 amide bonds. The number of carboxylic acids is 1. The van der Waals surface area contributed by atoms with Gasteiger partial charge in [-0.2, -0.15) is 0 Å². The smallest absolute Gasteiger partial charge is 0.317 e. The lowest BCUT2D eigenvalue weighted by Gasteiger charge is -2.19. The highest BCUT2D eigenvalue weighted by Gasteiger charge is 2.08. The Morgan fingerprint density at radius 1 is 1.38 bits per heavy atom. The minimum atomic E-state index is -0.761. The van der Waals surface area contributed by atoms with Crippen LogP contribution in [0.3, 0.4) is 0 Å². The van der Waals surface area contributed by atoms with Crippen molar-refractivity contribution in [2.24, 2.45) is 0 Å². The van der Waals surface area contributed by atoms with Crippen molar-refractivity contribution < 1.29 is 9.90 Å². The van der Waals surface area contributed by atoms with E-state index in [0.717, 1.165) is 25.9 Å². The highest BCUT2D eigenvalue weighted by Crippen LogP contribution is 2.00. The van der Waals surface area contributed by atoms with Crippen LogP contribution in [0.4, 0.5) is 0 Å². The Balaban J connectivity index is 2.40. The van der Waals surface area contributed by atoms with Gasteiger partial charge in [0.1, 0.15) is 0 Å². The lowest BCUT2D eigenvalue weighted by molar-refractivity contribution is -0.138. The molecule has 0 fully saturated rings. The van der Waals surface area contributed by atoms with Crippen molar-refractivity contribution in [2.75, 3.05) is 19.6 Å². The largest absolute Gasteiger partial charge is 0.480 e. The monoisotopic (exact) mass is 222 g/mol. The van der Waals surface area contributed by atoms with E-state index < -0.39 is 5.97 Å². The van der Waals surface area contributed by atoms with E-state index in [-0.39, 0.29) is 6.54 Å². The Morgan fingerprint density at radius 2 is 2.06 bits per heavy atom. The molecule has 0 unspecified atom stereocenters. The summed E-state index contributed by atoms with van der Waals surface area (Å²) < 4.78 is 0. The minimum Gasteiger partial charge on any atom is -0.480 e. The van der Waals surface area contributed by atoms with Crippen molar-refractivity contribution in [3.05, 3.63) is 30.1 Å². The highest BCUT2D eigenvalue weighted by molar-refractivity contribution is 5.69. The lowest BCUT2D eigenvalue weighted by Crippen LogP contribution is -2.32. The molecule has 16 heavy (non-hydrogen) atoms. The van der Waals surface area contributed by atoms with Crippen LogP contribution >= 0.6 is 0 Å². The molecule has 1 rings (SSSR count). The first-order chi connectivity index (χ1) is 7.72. The van der Waals surface area contributed by atoms with Crippen molar-refractivity contribution in [3.63, 3.8) is 0 Å². The second-order valence-corrected chi connectivity index (χ2v) is 3.78. The third-order valence-electron chi connectivity index (χ3n) is 2.36. The third kappa shape index (κ3) is 4.89. The van der Waals surface area contributed by atoms with Crippen LogP contribution in [0.15, 0.2) is 24.5 Å². The topological polar surface area (TPSA) is 53.4 Å². The van der Waals surface area contributed by atoms with Gasteiger partial charge in [0.05, 0.1) is 6.54 Å². The fourth-order valence-electron chi connectivity index (χ4n) is 1.61. The number of rotatable bonds is 7. The molecule has 1 aromatic rings. The first kappa shape index (κ1) is 12.6. The van der Waals surface area contributed by atoms with E-state index in [1.54, 1.807) is 12.4 Å². The third-order valence-corrected chi connectivity index (χ3v) is 2.36. The zero-order valence-corrected chi connectivity index (χ0v) is 9.59. The summed E-state index contributed by atoms with van der Waals surface area (Å²) in [6.45, 7) is 3.79. The molecule has 1 aromatic heterocycles. The summed E-state index contributed by atoms with van der Waals surface area (Å²) in [5.74, 6) is -0.761.